The van der Waals surface area contributed by atoms with Gasteiger partial charge in [0.2, 0.25) is 5.91 Å². The number of rotatable bonds is 3. The first-order valence-corrected chi connectivity index (χ1v) is 3.49. The SMILES string of the molecule is Cn1cc(C(N)CC(N)=O)nn1. The molecule has 0 aliphatic rings. The Morgan fingerprint density at radius 2 is 2.50 bits per heavy atom. The Morgan fingerprint density at radius 1 is 1.83 bits per heavy atom. The summed E-state index contributed by atoms with van der Waals surface area (Å²) in [6.07, 6.45) is 1.76. The predicted molar refractivity (Wildman–Crippen MR) is 41.7 cm³/mol. The highest BCUT2D eigenvalue weighted by atomic mass is 16.1. The Labute approximate surface area is 69.5 Å². The van der Waals surface area contributed by atoms with Crippen molar-refractivity contribution in [2.45, 2.75) is 12.5 Å². The molecule has 0 spiro atoms. The lowest BCUT2D eigenvalue weighted by atomic mass is 10.1. The number of carbonyl (C=O) groups is 1. The summed E-state index contributed by atoms with van der Waals surface area (Å²) in [5, 5.41) is 7.43. The highest BCUT2D eigenvalue weighted by Crippen LogP contribution is 2.08. The van der Waals surface area contributed by atoms with Crippen molar-refractivity contribution in [3.8, 4) is 0 Å². The molecule has 0 aromatic carbocycles. The van der Waals surface area contributed by atoms with Crippen LogP contribution >= 0.6 is 0 Å². The van der Waals surface area contributed by atoms with E-state index in [1.165, 1.54) is 4.68 Å². The van der Waals surface area contributed by atoms with E-state index >= 15 is 0 Å². The number of aromatic nitrogens is 3. The first-order chi connectivity index (χ1) is 5.59. The molecule has 4 N–H and O–H groups in total. The fourth-order valence-electron chi connectivity index (χ4n) is 0.856. The van der Waals surface area contributed by atoms with E-state index < -0.39 is 11.9 Å². The topological polar surface area (TPSA) is 99.8 Å². The molecular formula is C6H11N5O. The lowest BCUT2D eigenvalue weighted by molar-refractivity contribution is -0.118. The molecule has 1 heterocycles. The van der Waals surface area contributed by atoms with Crippen LogP contribution in [0.3, 0.4) is 0 Å². The van der Waals surface area contributed by atoms with Crippen molar-refractivity contribution in [2.24, 2.45) is 18.5 Å². The fraction of sp³-hybridized carbons (Fsp3) is 0.500. The molecule has 0 aliphatic carbocycles. The second-order valence-corrected chi connectivity index (χ2v) is 2.59. The molecule has 1 aromatic rings. The van der Waals surface area contributed by atoms with Crippen molar-refractivity contribution in [3.05, 3.63) is 11.9 Å². The summed E-state index contributed by atoms with van der Waals surface area (Å²) < 4.78 is 1.52. The first-order valence-electron chi connectivity index (χ1n) is 3.49. The fourth-order valence-corrected chi connectivity index (χ4v) is 0.856. The van der Waals surface area contributed by atoms with E-state index in [0.29, 0.717) is 5.69 Å². The summed E-state index contributed by atoms with van der Waals surface area (Å²) in [6.45, 7) is 0. The summed E-state index contributed by atoms with van der Waals surface area (Å²) in [7, 11) is 1.73. The molecular weight excluding hydrogens is 158 g/mol. The zero-order chi connectivity index (χ0) is 9.14. The average molecular weight is 169 g/mol. The molecule has 0 bridgehead atoms. The van der Waals surface area contributed by atoms with E-state index in [9.17, 15) is 4.79 Å². The third kappa shape index (κ3) is 2.03. The van der Waals surface area contributed by atoms with E-state index in [1.54, 1.807) is 13.2 Å². The van der Waals surface area contributed by atoms with Crippen molar-refractivity contribution in [2.75, 3.05) is 0 Å². The minimum Gasteiger partial charge on any atom is -0.370 e. The molecule has 1 rings (SSSR count). The van der Waals surface area contributed by atoms with E-state index in [2.05, 4.69) is 10.3 Å². The van der Waals surface area contributed by atoms with Gasteiger partial charge in [0.1, 0.15) is 0 Å². The normalized spacial score (nSPS) is 12.8. The van der Waals surface area contributed by atoms with Crippen LogP contribution in [0.5, 0.6) is 0 Å². The van der Waals surface area contributed by atoms with Crippen LogP contribution in [0.1, 0.15) is 18.2 Å². The second-order valence-electron chi connectivity index (χ2n) is 2.59. The Kier molecular flexibility index (Phi) is 2.39. The van der Waals surface area contributed by atoms with Crippen LogP contribution in [-0.4, -0.2) is 20.9 Å². The van der Waals surface area contributed by atoms with Crippen LogP contribution in [0.2, 0.25) is 0 Å². The molecule has 6 heteroatoms. The number of hydrogen-bond acceptors (Lipinski definition) is 4. The summed E-state index contributed by atoms with van der Waals surface area (Å²) >= 11 is 0. The van der Waals surface area contributed by atoms with Crippen molar-refractivity contribution >= 4 is 5.91 Å². The van der Waals surface area contributed by atoms with Gasteiger partial charge in [-0.1, -0.05) is 5.21 Å². The number of aryl methyl sites for hydroxylation is 1. The molecule has 0 radical (unpaired) electrons. The molecule has 0 aliphatic heterocycles. The Balaban J connectivity index is 2.64. The summed E-state index contributed by atoms with van der Waals surface area (Å²) in [4.78, 5) is 10.5. The maximum absolute atomic E-state index is 10.5. The Morgan fingerprint density at radius 3 is 2.92 bits per heavy atom. The van der Waals surface area contributed by atoms with Gasteiger partial charge in [-0.2, -0.15) is 0 Å². The van der Waals surface area contributed by atoms with Gasteiger partial charge in [0.05, 0.1) is 11.7 Å². The number of hydrogen-bond donors (Lipinski definition) is 2. The molecule has 0 saturated carbocycles. The third-order valence-corrected chi connectivity index (χ3v) is 1.42. The molecule has 0 saturated heterocycles. The van der Waals surface area contributed by atoms with Gasteiger partial charge in [0.25, 0.3) is 0 Å². The Hall–Kier alpha value is -1.43. The highest BCUT2D eigenvalue weighted by molar-refractivity contribution is 5.74. The van der Waals surface area contributed by atoms with Crippen LogP contribution in [0.25, 0.3) is 0 Å². The molecule has 1 unspecified atom stereocenters. The van der Waals surface area contributed by atoms with Crippen molar-refractivity contribution in [3.63, 3.8) is 0 Å². The van der Waals surface area contributed by atoms with Gasteiger partial charge in [-0.25, -0.2) is 0 Å². The average Bonchev–Trinajstić information content (AvgIpc) is 2.34. The zero-order valence-corrected chi connectivity index (χ0v) is 6.77. The van der Waals surface area contributed by atoms with E-state index in [4.69, 9.17) is 11.5 Å². The van der Waals surface area contributed by atoms with Crippen LogP contribution in [-0.2, 0) is 11.8 Å². The van der Waals surface area contributed by atoms with Crippen LogP contribution in [0.4, 0.5) is 0 Å². The lowest BCUT2D eigenvalue weighted by Gasteiger charge is -2.02. The van der Waals surface area contributed by atoms with Crippen molar-refractivity contribution in [1.29, 1.82) is 0 Å². The smallest absolute Gasteiger partial charge is 0.219 e. The molecule has 1 amide bonds. The monoisotopic (exact) mass is 169 g/mol. The number of carbonyl (C=O) groups excluding carboxylic acids is 1. The predicted octanol–water partition coefficient (Wildman–Crippen LogP) is -1.31. The third-order valence-electron chi connectivity index (χ3n) is 1.42. The van der Waals surface area contributed by atoms with E-state index in [0.717, 1.165) is 0 Å². The highest BCUT2D eigenvalue weighted by Gasteiger charge is 2.11. The largest absolute Gasteiger partial charge is 0.370 e. The van der Waals surface area contributed by atoms with E-state index in [-0.39, 0.29) is 6.42 Å². The van der Waals surface area contributed by atoms with Gasteiger partial charge in [-0.15, -0.1) is 5.10 Å². The minimum atomic E-state index is -0.448. The number of amides is 1. The van der Waals surface area contributed by atoms with Gasteiger partial charge in [0, 0.05) is 19.7 Å². The Bertz CT molecular complexity index is 281. The number of nitrogens with two attached hydrogens (primary N) is 2. The van der Waals surface area contributed by atoms with Gasteiger partial charge in [0.15, 0.2) is 0 Å². The zero-order valence-electron chi connectivity index (χ0n) is 6.77. The van der Waals surface area contributed by atoms with E-state index in [1.807, 2.05) is 0 Å². The van der Waals surface area contributed by atoms with Gasteiger partial charge < -0.3 is 11.5 Å². The van der Waals surface area contributed by atoms with Crippen LogP contribution < -0.4 is 11.5 Å². The van der Waals surface area contributed by atoms with Crippen LogP contribution in [0.15, 0.2) is 6.20 Å². The summed E-state index contributed by atoms with van der Waals surface area (Å²) in [6, 6.07) is -0.448. The van der Waals surface area contributed by atoms with Crippen molar-refractivity contribution < 1.29 is 4.79 Å². The van der Waals surface area contributed by atoms with Gasteiger partial charge in [-0.3, -0.25) is 9.48 Å². The minimum absolute atomic E-state index is 0.0959. The van der Waals surface area contributed by atoms with Crippen LogP contribution in [0, 0.1) is 0 Å². The number of primary amides is 1. The molecule has 1 aromatic heterocycles. The van der Waals surface area contributed by atoms with Gasteiger partial charge in [-0.05, 0) is 0 Å². The summed E-state index contributed by atoms with van der Waals surface area (Å²) in [5.41, 5.74) is 11.1. The number of nitrogens with zero attached hydrogens (tertiary/aromatic N) is 3. The molecule has 66 valence electrons. The quantitative estimate of drug-likeness (QED) is 0.586. The maximum atomic E-state index is 10.5. The lowest BCUT2D eigenvalue weighted by Crippen LogP contribution is -2.20. The maximum Gasteiger partial charge on any atom is 0.219 e. The van der Waals surface area contributed by atoms with Gasteiger partial charge >= 0.3 is 0 Å². The second kappa shape index (κ2) is 3.31. The molecule has 12 heavy (non-hydrogen) atoms. The molecule has 1 atom stereocenters. The standard InChI is InChI=1S/C6H11N5O/c1-11-3-5(9-10-11)4(7)2-6(8)12/h3-4H,2,7H2,1H3,(H2,8,12). The molecule has 0 fully saturated rings. The summed E-state index contributed by atoms with van der Waals surface area (Å²) in [5.74, 6) is -0.437. The first kappa shape index (κ1) is 8.66. The van der Waals surface area contributed by atoms with Crippen molar-refractivity contribution in [1.82, 2.24) is 15.0 Å². The molecule has 6 nitrogen and oxygen atoms in total.